The van der Waals surface area contributed by atoms with Gasteiger partial charge < -0.3 is 14.4 Å². The first-order valence-electron chi connectivity index (χ1n) is 9.23. The number of fused-ring (bicyclic) bond motifs is 1. The van der Waals surface area contributed by atoms with Gasteiger partial charge in [0.25, 0.3) is 5.91 Å². The second-order valence-electron chi connectivity index (χ2n) is 7.29. The molecule has 2 fully saturated rings. The third kappa shape index (κ3) is 3.06. The zero-order valence-electron chi connectivity index (χ0n) is 14.7. The van der Waals surface area contributed by atoms with Crippen LogP contribution in [0, 0.1) is 11.2 Å². The molecule has 6 heteroatoms. The summed E-state index contributed by atoms with van der Waals surface area (Å²) in [7, 11) is 0. The van der Waals surface area contributed by atoms with Crippen molar-refractivity contribution in [3.05, 3.63) is 46.3 Å². The number of likely N-dealkylation sites (tertiary alicyclic amines) is 1. The van der Waals surface area contributed by atoms with Gasteiger partial charge in [-0.1, -0.05) is 23.3 Å². The summed E-state index contributed by atoms with van der Waals surface area (Å²) in [4.78, 5) is 15.1. The third-order valence-corrected chi connectivity index (χ3v) is 6.19. The molecule has 140 valence electrons. The molecule has 2 saturated heterocycles. The molecule has 0 saturated carbocycles. The Bertz CT molecular complexity index is 734. The fourth-order valence-corrected chi connectivity index (χ4v) is 4.91. The van der Waals surface area contributed by atoms with Gasteiger partial charge in [0, 0.05) is 29.6 Å². The smallest absolute Gasteiger partial charge is 0.257 e. The van der Waals surface area contributed by atoms with E-state index in [1.165, 1.54) is 23.8 Å². The molecule has 0 aromatic heterocycles. The molecule has 0 unspecified atom stereocenters. The van der Waals surface area contributed by atoms with Gasteiger partial charge in [0.1, 0.15) is 5.82 Å². The highest BCUT2D eigenvalue weighted by Crippen LogP contribution is 2.48. The summed E-state index contributed by atoms with van der Waals surface area (Å²) in [5.74, 6) is -0.790. The monoisotopic (exact) mass is 379 g/mol. The van der Waals surface area contributed by atoms with E-state index >= 15 is 0 Å². The minimum Gasteiger partial charge on any atom is -0.380 e. The van der Waals surface area contributed by atoms with E-state index in [0.717, 1.165) is 25.7 Å². The molecule has 0 radical (unpaired) electrons. The van der Waals surface area contributed by atoms with Crippen molar-refractivity contribution in [3.63, 3.8) is 0 Å². The van der Waals surface area contributed by atoms with Gasteiger partial charge in [0.05, 0.1) is 25.4 Å². The lowest BCUT2D eigenvalue weighted by Gasteiger charge is -2.54. The number of rotatable bonds is 2. The molecular weight excluding hydrogens is 357 g/mol. The molecule has 1 aromatic carbocycles. The highest BCUT2D eigenvalue weighted by Gasteiger charge is 2.50. The number of hydrogen-bond acceptors (Lipinski definition) is 3. The van der Waals surface area contributed by atoms with E-state index in [-0.39, 0.29) is 22.9 Å². The minimum atomic E-state index is -0.520. The number of nitrogens with zero attached hydrogens (tertiary/aromatic N) is 1. The quantitative estimate of drug-likeness (QED) is 0.733. The van der Waals surface area contributed by atoms with Gasteiger partial charge in [-0.3, -0.25) is 4.79 Å². The van der Waals surface area contributed by atoms with Crippen LogP contribution in [0.15, 0.2) is 29.8 Å². The van der Waals surface area contributed by atoms with Gasteiger partial charge in [-0.05, 0) is 43.9 Å². The number of hydrogen-bond donors (Lipinski definition) is 0. The Kier molecular flexibility index (Phi) is 5.04. The van der Waals surface area contributed by atoms with E-state index in [9.17, 15) is 9.18 Å². The third-order valence-electron chi connectivity index (χ3n) is 5.95. The zero-order chi connectivity index (χ0) is 18.1. The van der Waals surface area contributed by atoms with E-state index in [1.54, 1.807) is 0 Å². The van der Waals surface area contributed by atoms with Crippen LogP contribution in [0.3, 0.4) is 0 Å². The molecule has 2 atom stereocenters. The van der Waals surface area contributed by atoms with Crippen molar-refractivity contribution >= 4 is 17.5 Å². The van der Waals surface area contributed by atoms with Crippen molar-refractivity contribution < 1.29 is 18.7 Å². The first-order chi connectivity index (χ1) is 12.6. The van der Waals surface area contributed by atoms with Crippen LogP contribution in [-0.4, -0.2) is 49.8 Å². The van der Waals surface area contributed by atoms with Crippen LogP contribution in [-0.2, 0) is 9.47 Å². The maximum absolute atomic E-state index is 14.3. The molecule has 3 heterocycles. The summed E-state index contributed by atoms with van der Waals surface area (Å²) < 4.78 is 25.6. The molecule has 4 nitrogen and oxygen atoms in total. The highest BCUT2D eigenvalue weighted by atomic mass is 35.5. The van der Waals surface area contributed by atoms with Gasteiger partial charge in [-0.25, -0.2) is 4.39 Å². The van der Waals surface area contributed by atoms with Gasteiger partial charge in [0.15, 0.2) is 0 Å². The molecular formula is C20H23ClFNO3. The first kappa shape index (κ1) is 18.0. The second-order valence-corrected chi connectivity index (χ2v) is 7.73. The van der Waals surface area contributed by atoms with Crippen molar-refractivity contribution in [3.8, 4) is 0 Å². The lowest BCUT2D eigenvalue weighted by molar-refractivity contribution is -0.0739. The van der Waals surface area contributed by atoms with Crippen molar-refractivity contribution in [2.45, 2.75) is 31.7 Å². The predicted octanol–water partition coefficient (Wildman–Crippen LogP) is 3.84. The molecule has 0 spiro atoms. The minimum absolute atomic E-state index is 0.0280. The Morgan fingerprint density at radius 1 is 1.31 bits per heavy atom. The van der Waals surface area contributed by atoms with Crippen LogP contribution >= 0.6 is 11.6 Å². The molecule has 1 aromatic rings. The largest absolute Gasteiger partial charge is 0.380 e. The Hall–Kier alpha value is -1.43. The van der Waals surface area contributed by atoms with Crippen LogP contribution < -0.4 is 0 Å². The topological polar surface area (TPSA) is 38.8 Å². The maximum atomic E-state index is 14.3. The number of halogens is 2. The molecule has 26 heavy (non-hydrogen) atoms. The predicted molar refractivity (Wildman–Crippen MR) is 96.9 cm³/mol. The Morgan fingerprint density at radius 3 is 3.00 bits per heavy atom. The number of amides is 1. The number of carbonyl (C=O) groups excluding carboxylic acids is 1. The van der Waals surface area contributed by atoms with E-state index in [0.29, 0.717) is 38.0 Å². The normalized spacial score (nSPS) is 29.1. The van der Waals surface area contributed by atoms with Gasteiger partial charge >= 0.3 is 0 Å². The number of carbonyl (C=O) groups is 1. The standard InChI is InChI=1S/C20H23ClFNO3/c21-15-2-3-17(22)16(12-15)19(24)23-8-1-7-20(13-26-11-6-18(20)23)14-4-9-25-10-5-14/h2-4,12,18H,1,5-11,13H2/t18-,20-/m0/s1. The molecule has 3 aliphatic heterocycles. The summed E-state index contributed by atoms with van der Waals surface area (Å²) >= 11 is 6.01. The van der Waals surface area contributed by atoms with Crippen LogP contribution in [0.4, 0.5) is 4.39 Å². The van der Waals surface area contributed by atoms with Crippen LogP contribution in [0.1, 0.15) is 36.0 Å². The molecule has 3 aliphatic rings. The number of piperidine rings is 1. The SMILES string of the molecule is O=C(c1cc(Cl)ccc1F)N1CCC[C@@]2(C3=CCOCC3)COCC[C@H]12. The fourth-order valence-electron chi connectivity index (χ4n) is 4.74. The Labute approximate surface area is 157 Å². The Morgan fingerprint density at radius 2 is 2.19 bits per heavy atom. The molecule has 1 amide bonds. The second kappa shape index (κ2) is 7.29. The summed E-state index contributed by atoms with van der Waals surface area (Å²) in [5.41, 5.74) is 1.21. The number of benzene rings is 1. The van der Waals surface area contributed by atoms with E-state index < -0.39 is 5.82 Å². The van der Waals surface area contributed by atoms with Crippen molar-refractivity contribution in [2.75, 3.05) is 33.0 Å². The fraction of sp³-hybridized carbons (Fsp3) is 0.550. The lowest BCUT2D eigenvalue weighted by atomic mass is 9.65. The van der Waals surface area contributed by atoms with Gasteiger partial charge in [-0.15, -0.1) is 0 Å². The highest BCUT2D eigenvalue weighted by molar-refractivity contribution is 6.31. The summed E-state index contributed by atoms with van der Waals surface area (Å²) in [6.07, 6.45) is 5.66. The molecule has 0 aliphatic carbocycles. The van der Waals surface area contributed by atoms with Crippen molar-refractivity contribution in [2.24, 2.45) is 5.41 Å². The number of ether oxygens (including phenoxy) is 2. The van der Waals surface area contributed by atoms with Crippen LogP contribution in [0.25, 0.3) is 0 Å². The zero-order valence-corrected chi connectivity index (χ0v) is 15.4. The van der Waals surface area contributed by atoms with Crippen LogP contribution in [0.2, 0.25) is 5.02 Å². The average molecular weight is 380 g/mol. The lowest BCUT2D eigenvalue weighted by Crippen LogP contribution is -2.59. The van der Waals surface area contributed by atoms with E-state index in [1.807, 2.05) is 4.90 Å². The van der Waals surface area contributed by atoms with Crippen molar-refractivity contribution in [1.29, 1.82) is 0 Å². The van der Waals surface area contributed by atoms with E-state index in [2.05, 4.69) is 6.08 Å². The van der Waals surface area contributed by atoms with Crippen molar-refractivity contribution in [1.82, 2.24) is 4.90 Å². The first-order valence-corrected chi connectivity index (χ1v) is 9.61. The van der Waals surface area contributed by atoms with E-state index in [4.69, 9.17) is 21.1 Å². The van der Waals surface area contributed by atoms with Gasteiger partial charge in [-0.2, -0.15) is 0 Å². The molecule has 0 N–H and O–H groups in total. The Balaban J connectivity index is 1.69. The van der Waals surface area contributed by atoms with Gasteiger partial charge in [0.2, 0.25) is 0 Å². The average Bonchev–Trinajstić information content (AvgIpc) is 2.69. The summed E-state index contributed by atoms with van der Waals surface area (Å²) in [6.45, 7) is 3.20. The van der Waals surface area contributed by atoms with Crippen LogP contribution in [0.5, 0.6) is 0 Å². The summed E-state index contributed by atoms with van der Waals surface area (Å²) in [6, 6.07) is 4.19. The molecule has 4 rings (SSSR count). The maximum Gasteiger partial charge on any atom is 0.257 e. The summed E-state index contributed by atoms with van der Waals surface area (Å²) in [5, 5.41) is 0.372. The molecule has 0 bridgehead atoms.